The first-order valence-electron chi connectivity index (χ1n) is 8.43. The lowest BCUT2D eigenvalue weighted by Crippen LogP contribution is -2.31. The van der Waals surface area contributed by atoms with Crippen LogP contribution in [0.2, 0.25) is 0 Å². The zero-order valence-electron chi connectivity index (χ0n) is 14.6. The van der Waals surface area contributed by atoms with Gasteiger partial charge in [-0.2, -0.15) is 0 Å². The van der Waals surface area contributed by atoms with Crippen molar-refractivity contribution >= 4 is 17.3 Å². The van der Waals surface area contributed by atoms with Gasteiger partial charge in [0.1, 0.15) is 11.5 Å². The summed E-state index contributed by atoms with van der Waals surface area (Å²) in [5, 5.41) is 6.52. The minimum Gasteiger partial charge on any atom is -0.497 e. The highest BCUT2D eigenvalue weighted by atomic mass is 16.5. The van der Waals surface area contributed by atoms with E-state index in [0.717, 1.165) is 31.8 Å². The zero-order chi connectivity index (χ0) is 17.6. The summed E-state index contributed by atoms with van der Waals surface area (Å²) in [5.41, 5.74) is 2.58. The van der Waals surface area contributed by atoms with Crippen LogP contribution in [0.15, 0.2) is 40.9 Å². The molecule has 1 aromatic heterocycles. The minimum atomic E-state index is -0.0433. The van der Waals surface area contributed by atoms with Gasteiger partial charge in [-0.15, -0.1) is 0 Å². The number of aromatic nitrogens is 1. The molecule has 0 unspecified atom stereocenters. The van der Waals surface area contributed by atoms with E-state index in [-0.39, 0.29) is 5.91 Å². The van der Waals surface area contributed by atoms with Crippen molar-refractivity contribution in [2.45, 2.75) is 19.8 Å². The normalized spacial score (nSPS) is 14.9. The number of rotatable bonds is 6. The minimum absolute atomic E-state index is 0.0433. The molecule has 0 atom stereocenters. The zero-order valence-corrected chi connectivity index (χ0v) is 14.6. The Morgan fingerprint density at radius 3 is 2.76 bits per heavy atom. The number of amides is 1. The van der Waals surface area contributed by atoms with Gasteiger partial charge < -0.3 is 14.6 Å². The summed E-state index contributed by atoms with van der Waals surface area (Å²) in [6.07, 6.45) is 3.66. The number of nitrogens with zero attached hydrogens (tertiary/aromatic N) is 2. The Morgan fingerprint density at radius 2 is 2.16 bits per heavy atom. The van der Waals surface area contributed by atoms with Crippen LogP contribution in [0.25, 0.3) is 5.57 Å². The molecule has 6 heteroatoms. The van der Waals surface area contributed by atoms with Crippen molar-refractivity contribution in [2.24, 2.45) is 0 Å². The van der Waals surface area contributed by atoms with Crippen molar-refractivity contribution in [3.05, 3.63) is 47.7 Å². The highest BCUT2D eigenvalue weighted by Gasteiger charge is 2.14. The van der Waals surface area contributed by atoms with Crippen molar-refractivity contribution in [1.82, 2.24) is 10.1 Å². The van der Waals surface area contributed by atoms with Crippen LogP contribution in [0.4, 0.5) is 5.82 Å². The van der Waals surface area contributed by atoms with Gasteiger partial charge in [0.05, 0.1) is 7.11 Å². The quantitative estimate of drug-likeness (QED) is 0.874. The third kappa shape index (κ3) is 4.70. The van der Waals surface area contributed by atoms with Gasteiger partial charge in [-0.3, -0.25) is 9.69 Å². The third-order valence-corrected chi connectivity index (χ3v) is 4.30. The molecule has 0 spiro atoms. The van der Waals surface area contributed by atoms with Crippen molar-refractivity contribution in [1.29, 1.82) is 0 Å². The average molecular weight is 341 g/mol. The summed E-state index contributed by atoms with van der Waals surface area (Å²) < 4.78 is 10.1. The number of ether oxygens (including phenoxy) is 1. The molecule has 2 heterocycles. The fourth-order valence-electron chi connectivity index (χ4n) is 2.87. The predicted octanol–water partition coefficient (Wildman–Crippen LogP) is 3.11. The molecule has 1 amide bonds. The molecule has 1 aliphatic rings. The average Bonchev–Trinajstić information content (AvgIpc) is 3.05. The molecule has 1 aliphatic heterocycles. The smallest absolute Gasteiger partial charge is 0.226 e. The van der Waals surface area contributed by atoms with Crippen LogP contribution in [0.1, 0.15) is 24.2 Å². The first-order valence-corrected chi connectivity index (χ1v) is 8.43. The molecular weight excluding hydrogens is 318 g/mol. The Morgan fingerprint density at radius 1 is 1.36 bits per heavy atom. The summed E-state index contributed by atoms with van der Waals surface area (Å²) >= 11 is 0. The van der Waals surface area contributed by atoms with E-state index in [9.17, 15) is 4.79 Å². The van der Waals surface area contributed by atoms with Gasteiger partial charge in [-0.1, -0.05) is 23.4 Å². The van der Waals surface area contributed by atoms with Crippen LogP contribution in [0, 0.1) is 6.92 Å². The summed E-state index contributed by atoms with van der Waals surface area (Å²) in [4.78, 5) is 14.2. The van der Waals surface area contributed by atoms with Crippen LogP contribution in [-0.4, -0.2) is 42.7 Å². The number of benzene rings is 1. The molecule has 2 aromatic rings. The number of nitrogens with one attached hydrogen (secondary N) is 1. The SMILES string of the molecule is COc1ccc(C2=CCN(CCC(=O)Nc3cc(C)on3)CC2)cc1. The molecular formula is C19H23N3O3. The molecule has 6 nitrogen and oxygen atoms in total. The molecule has 1 aromatic carbocycles. The van der Waals surface area contributed by atoms with Gasteiger partial charge in [0.15, 0.2) is 5.82 Å². The predicted molar refractivity (Wildman–Crippen MR) is 96.5 cm³/mol. The van der Waals surface area contributed by atoms with Gasteiger partial charge in [-0.05, 0) is 36.6 Å². The molecule has 0 aliphatic carbocycles. The Hall–Kier alpha value is -2.60. The van der Waals surface area contributed by atoms with Crippen LogP contribution in [0.3, 0.4) is 0 Å². The second kappa shape index (κ2) is 7.98. The topological polar surface area (TPSA) is 67.6 Å². The number of methoxy groups -OCH3 is 1. The van der Waals surface area contributed by atoms with Crippen LogP contribution in [-0.2, 0) is 4.79 Å². The first kappa shape index (κ1) is 17.2. The first-order chi connectivity index (χ1) is 12.1. The van der Waals surface area contributed by atoms with E-state index in [1.54, 1.807) is 20.1 Å². The van der Waals surface area contributed by atoms with E-state index < -0.39 is 0 Å². The Balaban J connectivity index is 1.46. The van der Waals surface area contributed by atoms with Crippen molar-refractivity contribution < 1.29 is 14.1 Å². The molecule has 0 radical (unpaired) electrons. The highest BCUT2D eigenvalue weighted by Crippen LogP contribution is 2.24. The molecule has 25 heavy (non-hydrogen) atoms. The third-order valence-electron chi connectivity index (χ3n) is 4.30. The van der Waals surface area contributed by atoms with E-state index in [4.69, 9.17) is 9.26 Å². The molecule has 0 saturated carbocycles. The number of aryl methyl sites for hydroxylation is 1. The van der Waals surface area contributed by atoms with Gasteiger partial charge in [0.25, 0.3) is 0 Å². The van der Waals surface area contributed by atoms with E-state index in [1.807, 2.05) is 12.1 Å². The highest BCUT2D eigenvalue weighted by molar-refractivity contribution is 5.89. The lowest BCUT2D eigenvalue weighted by molar-refractivity contribution is -0.116. The second-order valence-electron chi connectivity index (χ2n) is 6.13. The standard InChI is InChI=1S/C19H23N3O3/c1-14-13-18(21-25-14)20-19(23)9-12-22-10-7-16(8-11-22)15-3-5-17(24-2)6-4-15/h3-7,13H,8-12H2,1-2H3,(H,20,21,23). The summed E-state index contributed by atoms with van der Waals surface area (Å²) in [6.45, 7) is 4.34. The van der Waals surface area contributed by atoms with Gasteiger partial charge in [-0.25, -0.2) is 0 Å². The van der Waals surface area contributed by atoms with E-state index >= 15 is 0 Å². The molecule has 132 valence electrons. The summed E-state index contributed by atoms with van der Waals surface area (Å²) in [6, 6.07) is 9.86. The summed E-state index contributed by atoms with van der Waals surface area (Å²) in [5.74, 6) is 1.98. The van der Waals surface area contributed by atoms with Gasteiger partial charge in [0.2, 0.25) is 5.91 Å². The molecule has 0 saturated heterocycles. The number of anilines is 1. The lowest BCUT2D eigenvalue weighted by atomic mass is 9.99. The molecule has 0 bridgehead atoms. The molecule has 0 fully saturated rings. The molecule has 1 N–H and O–H groups in total. The van der Waals surface area contributed by atoms with Crippen molar-refractivity contribution in [3.8, 4) is 5.75 Å². The maximum absolute atomic E-state index is 12.0. The van der Waals surface area contributed by atoms with Gasteiger partial charge >= 0.3 is 0 Å². The largest absolute Gasteiger partial charge is 0.497 e. The summed E-state index contributed by atoms with van der Waals surface area (Å²) in [7, 11) is 1.67. The number of hydrogen-bond donors (Lipinski definition) is 1. The fourth-order valence-corrected chi connectivity index (χ4v) is 2.87. The maximum Gasteiger partial charge on any atom is 0.226 e. The van der Waals surface area contributed by atoms with E-state index in [1.165, 1.54) is 11.1 Å². The maximum atomic E-state index is 12.0. The van der Waals surface area contributed by atoms with Gasteiger partial charge in [0, 0.05) is 32.1 Å². The second-order valence-corrected chi connectivity index (χ2v) is 6.13. The van der Waals surface area contributed by atoms with Crippen LogP contribution < -0.4 is 10.1 Å². The fraction of sp³-hybridized carbons (Fsp3) is 0.368. The van der Waals surface area contributed by atoms with Crippen molar-refractivity contribution in [3.63, 3.8) is 0 Å². The number of hydrogen-bond acceptors (Lipinski definition) is 5. The Labute approximate surface area is 147 Å². The van der Waals surface area contributed by atoms with Crippen molar-refractivity contribution in [2.75, 3.05) is 32.1 Å². The Kier molecular flexibility index (Phi) is 5.50. The van der Waals surface area contributed by atoms with Crippen LogP contribution in [0.5, 0.6) is 5.75 Å². The number of carbonyl (C=O) groups excluding carboxylic acids is 1. The molecule has 3 rings (SSSR count). The van der Waals surface area contributed by atoms with E-state index in [0.29, 0.717) is 18.0 Å². The monoisotopic (exact) mass is 341 g/mol. The van der Waals surface area contributed by atoms with Crippen LogP contribution >= 0.6 is 0 Å². The Bertz CT molecular complexity index is 750. The van der Waals surface area contributed by atoms with E-state index in [2.05, 4.69) is 33.6 Å². The lowest BCUT2D eigenvalue weighted by Gasteiger charge is -2.26. The number of carbonyl (C=O) groups is 1.